The van der Waals surface area contributed by atoms with Crippen LogP contribution in [0.3, 0.4) is 0 Å². The number of hydrogen-bond acceptors (Lipinski definition) is 5. The normalized spacial score (nSPS) is 20.8. The summed E-state index contributed by atoms with van der Waals surface area (Å²) >= 11 is 0. The largest absolute Gasteiger partial charge is 0.462 e. The summed E-state index contributed by atoms with van der Waals surface area (Å²) < 4.78 is 17.4. The van der Waals surface area contributed by atoms with Crippen LogP contribution in [0.5, 0.6) is 0 Å². The number of esters is 2. The zero-order valence-corrected chi connectivity index (χ0v) is 18.2. The summed E-state index contributed by atoms with van der Waals surface area (Å²) in [6.45, 7) is 16.4. The Bertz CT molecular complexity index is 473. The lowest BCUT2D eigenvalue weighted by molar-refractivity contribution is -0.158. The van der Waals surface area contributed by atoms with Crippen LogP contribution in [0.2, 0.25) is 18.1 Å². The maximum Gasteiger partial charge on any atom is 0.308 e. The van der Waals surface area contributed by atoms with Gasteiger partial charge in [-0.05, 0) is 51.7 Å². The number of ether oxygens (including phenoxy) is 2. The van der Waals surface area contributed by atoms with E-state index in [1.165, 1.54) is 0 Å². The highest BCUT2D eigenvalue weighted by Gasteiger charge is 2.40. The van der Waals surface area contributed by atoms with E-state index in [0.717, 1.165) is 12.8 Å². The van der Waals surface area contributed by atoms with E-state index < -0.39 is 13.9 Å². The Morgan fingerprint density at radius 1 is 1.24 bits per heavy atom. The quantitative estimate of drug-likeness (QED) is 0.504. The van der Waals surface area contributed by atoms with E-state index in [2.05, 4.69) is 33.9 Å². The van der Waals surface area contributed by atoms with Gasteiger partial charge in [-0.25, -0.2) is 0 Å². The maximum absolute atomic E-state index is 12.3. The molecule has 0 radical (unpaired) electrons. The van der Waals surface area contributed by atoms with Crippen LogP contribution in [-0.2, 0) is 23.5 Å². The molecule has 0 saturated carbocycles. The van der Waals surface area contributed by atoms with Crippen LogP contribution in [0.4, 0.5) is 0 Å². The van der Waals surface area contributed by atoms with Gasteiger partial charge in [0.05, 0.1) is 12.5 Å². The van der Waals surface area contributed by atoms with Gasteiger partial charge < -0.3 is 13.9 Å². The van der Waals surface area contributed by atoms with E-state index in [9.17, 15) is 9.59 Å². The molecule has 6 heteroatoms. The number of cyclic esters (lactones) is 1. The summed E-state index contributed by atoms with van der Waals surface area (Å²) in [5.74, 6) is -0.419. The SMILES string of the molecule is CC(C)(C)OC(=O)C[C@H](C[C@@H]1CCCC(=O)O1)O[Si](C)(C)C(C)(C)C. The second kappa shape index (κ2) is 8.21. The molecular formula is C19H36O5Si. The third kappa shape index (κ3) is 7.90. The van der Waals surface area contributed by atoms with Gasteiger partial charge >= 0.3 is 11.9 Å². The standard InChI is InChI=1S/C19H36O5Si/c1-18(2,3)23-17(21)13-15(24-25(7,8)19(4,5)6)12-14-10-9-11-16(20)22-14/h14-15H,9-13H2,1-8H3/t14-,15-/m0/s1. The highest BCUT2D eigenvalue weighted by Crippen LogP contribution is 2.38. The minimum Gasteiger partial charge on any atom is -0.462 e. The molecule has 1 aliphatic heterocycles. The number of carbonyl (C=O) groups excluding carboxylic acids is 2. The van der Waals surface area contributed by atoms with E-state index >= 15 is 0 Å². The molecule has 0 aliphatic carbocycles. The van der Waals surface area contributed by atoms with Gasteiger partial charge in [-0.1, -0.05) is 20.8 Å². The van der Waals surface area contributed by atoms with E-state index in [4.69, 9.17) is 13.9 Å². The van der Waals surface area contributed by atoms with Crippen molar-refractivity contribution >= 4 is 20.3 Å². The van der Waals surface area contributed by atoms with Gasteiger partial charge in [0.25, 0.3) is 0 Å². The Balaban J connectivity index is 2.82. The molecule has 0 N–H and O–H groups in total. The first kappa shape index (κ1) is 22.2. The first-order valence-corrected chi connectivity index (χ1v) is 12.2. The van der Waals surface area contributed by atoms with Crippen LogP contribution in [0, 0.1) is 0 Å². The Morgan fingerprint density at radius 3 is 2.32 bits per heavy atom. The fourth-order valence-corrected chi connectivity index (χ4v) is 3.94. The number of hydrogen-bond donors (Lipinski definition) is 0. The van der Waals surface area contributed by atoms with Crippen LogP contribution < -0.4 is 0 Å². The molecule has 5 nitrogen and oxygen atoms in total. The average Bonchev–Trinajstić information content (AvgIpc) is 2.33. The lowest BCUT2D eigenvalue weighted by atomic mass is 10.0. The third-order valence-electron chi connectivity index (χ3n) is 4.81. The van der Waals surface area contributed by atoms with Gasteiger partial charge in [0.2, 0.25) is 0 Å². The summed E-state index contributed by atoms with van der Waals surface area (Å²) in [4.78, 5) is 23.9. The van der Waals surface area contributed by atoms with Gasteiger partial charge in [0.15, 0.2) is 8.32 Å². The van der Waals surface area contributed by atoms with Crippen molar-refractivity contribution in [1.82, 2.24) is 0 Å². The fraction of sp³-hybridized carbons (Fsp3) is 0.895. The topological polar surface area (TPSA) is 61.8 Å². The summed E-state index contributed by atoms with van der Waals surface area (Å²) in [7, 11) is -2.04. The van der Waals surface area contributed by atoms with Crippen molar-refractivity contribution in [1.29, 1.82) is 0 Å². The minimum atomic E-state index is -2.04. The molecule has 1 rings (SSSR count). The maximum atomic E-state index is 12.3. The fourth-order valence-electron chi connectivity index (χ4n) is 2.57. The molecule has 1 heterocycles. The second-order valence-corrected chi connectivity index (χ2v) is 14.3. The Kier molecular flexibility index (Phi) is 7.27. The molecule has 1 fully saturated rings. The van der Waals surface area contributed by atoms with Gasteiger partial charge in [0.1, 0.15) is 11.7 Å². The highest BCUT2D eigenvalue weighted by molar-refractivity contribution is 6.74. The van der Waals surface area contributed by atoms with E-state index in [-0.39, 0.29) is 35.6 Å². The summed E-state index contributed by atoms with van der Waals surface area (Å²) in [6.07, 6.45) is 2.44. The summed E-state index contributed by atoms with van der Waals surface area (Å²) in [6, 6.07) is 0. The third-order valence-corrected chi connectivity index (χ3v) is 9.35. The van der Waals surface area contributed by atoms with Crippen molar-refractivity contribution in [2.75, 3.05) is 0 Å². The molecule has 0 aromatic heterocycles. The molecule has 0 unspecified atom stereocenters. The van der Waals surface area contributed by atoms with Gasteiger partial charge in [0, 0.05) is 12.8 Å². The number of carbonyl (C=O) groups is 2. The van der Waals surface area contributed by atoms with E-state index in [0.29, 0.717) is 12.8 Å². The summed E-state index contributed by atoms with van der Waals surface area (Å²) in [5, 5.41) is 0.0441. The molecule has 25 heavy (non-hydrogen) atoms. The van der Waals surface area contributed by atoms with Crippen LogP contribution in [0.15, 0.2) is 0 Å². The molecule has 146 valence electrons. The van der Waals surface area contributed by atoms with Crippen LogP contribution >= 0.6 is 0 Å². The predicted molar refractivity (Wildman–Crippen MR) is 101 cm³/mol. The van der Waals surface area contributed by atoms with Crippen LogP contribution in [0.25, 0.3) is 0 Å². The zero-order chi connectivity index (χ0) is 19.5. The van der Waals surface area contributed by atoms with E-state index in [1.54, 1.807) is 0 Å². The minimum absolute atomic E-state index is 0.0441. The molecular weight excluding hydrogens is 336 g/mol. The lowest BCUT2D eigenvalue weighted by Gasteiger charge is -2.40. The van der Waals surface area contributed by atoms with Gasteiger partial charge in [-0.3, -0.25) is 9.59 Å². The predicted octanol–water partition coefficient (Wildman–Crippen LogP) is 4.59. The molecule has 0 aromatic carbocycles. The average molecular weight is 373 g/mol. The first-order valence-electron chi connectivity index (χ1n) is 9.29. The smallest absolute Gasteiger partial charge is 0.308 e. The first-order chi connectivity index (χ1) is 11.2. The monoisotopic (exact) mass is 372 g/mol. The van der Waals surface area contributed by atoms with Gasteiger partial charge in [-0.15, -0.1) is 0 Å². The Labute approximate surface area is 153 Å². The van der Waals surface area contributed by atoms with Crippen molar-refractivity contribution < 1.29 is 23.5 Å². The Morgan fingerprint density at radius 2 is 1.84 bits per heavy atom. The molecule has 0 amide bonds. The zero-order valence-electron chi connectivity index (χ0n) is 17.2. The van der Waals surface area contributed by atoms with Gasteiger partial charge in [-0.2, -0.15) is 0 Å². The second-order valence-electron chi connectivity index (χ2n) is 9.53. The highest BCUT2D eigenvalue weighted by atomic mass is 28.4. The molecule has 2 atom stereocenters. The summed E-state index contributed by atoms with van der Waals surface area (Å²) in [5.41, 5.74) is -0.518. The molecule has 1 aliphatic rings. The van der Waals surface area contributed by atoms with E-state index in [1.807, 2.05) is 20.8 Å². The van der Waals surface area contributed by atoms with Crippen molar-refractivity contribution in [2.24, 2.45) is 0 Å². The van der Waals surface area contributed by atoms with Crippen molar-refractivity contribution in [3.8, 4) is 0 Å². The molecule has 0 bridgehead atoms. The Hall–Kier alpha value is -0.883. The van der Waals surface area contributed by atoms with Crippen LogP contribution in [-0.4, -0.2) is 38.1 Å². The van der Waals surface area contributed by atoms with Crippen molar-refractivity contribution in [3.63, 3.8) is 0 Å². The lowest BCUT2D eigenvalue weighted by Crippen LogP contribution is -2.46. The number of rotatable bonds is 6. The molecule has 0 aromatic rings. The molecule has 1 saturated heterocycles. The van der Waals surface area contributed by atoms with Crippen LogP contribution in [0.1, 0.15) is 73.6 Å². The van der Waals surface area contributed by atoms with Crippen molar-refractivity contribution in [2.45, 2.75) is 110 Å². The molecule has 0 spiro atoms. The van der Waals surface area contributed by atoms with Crippen molar-refractivity contribution in [3.05, 3.63) is 0 Å².